The van der Waals surface area contributed by atoms with Gasteiger partial charge in [-0.3, -0.25) is 0 Å². The molecule has 0 radical (unpaired) electrons. The van der Waals surface area contributed by atoms with Crippen molar-refractivity contribution >= 4 is 0 Å². The van der Waals surface area contributed by atoms with Crippen LogP contribution in [0.15, 0.2) is 47.3 Å². The van der Waals surface area contributed by atoms with Gasteiger partial charge in [-0.15, -0.1) is 0 Å². The Balaban J connectivity index is 2.22. The highest BCUT2D eigenvalue weighted by molar-refractivity contribution is 5.23. The normalized spacial score (nSPS) is 15.1. The molecule has 1 aromatic heterocycles. The number of rotatable bonds is 4. The van der Waals surface area contributed by atoms with E-state index in [0.29, 0.717) is 0 Å². The predicted octanol–water partition coefficient (Wildman–Crippen LogP) is 4.86. The molecule has 108 valence electrons. The highest BCUT2D eigenvalue weighted by Gasteiger charge is 2.27. The highest BCUT2D eigenvalue weighted by atomic mass is 19.1. The molecule has 2 atom stereocenters. The highest BCUT2D eigenvalue weighted by Crippen LogP contribution is 2.35. The van der Waals surface area contributed by atoms with Crippen LogP contribution >= 0.6 is 0 Å². The second-order valence-electron chi connectivity index (χ2n) is 6.30. The lowest BCUT2D eigenvalue weighted by Gasteiger charge is -2.34. The van der Waals surface area contributed by atoms with Crippen molar-refractivity contribution in [3.05, 3.63) is 59.8 Å². The van der Waals surface area contributed by atoms with Crippen LogP contribution in [0.3, 0.4) is 0 Å². The van der Waals surface area contributed by atoms with Crippen molar-refractivity contribution in [3.8, 4) is 0 Å². The van der Waals surface area contributed by atoms with Crippen molar-refractivity contribution < 1.29 is 8.81 Å². The van der Waals surface area contributed by atoms with Crippen molar-refractivity contribution in [1.82, 2.24) is 5.32 Å². The van der Waals surface area contributed by atoms with Gasteiger partial charge in [0.1, 0.15) is 5.82 Å². The average Bonchev–Trinajstić information content (AvgIpc) is 2.89. The molecule has 3 heteroatoms. The number of halogens is 1. The van der Waals surface area contributed by atoms with E-state index in [-0.39, 0.29) is 23.3 Å². The molecule has 20 heavy (non-hydrogen) atoms. The fourth-order valence-electron chi connectivity index (χ4n) is 2.37. The van der Waals surface area contributed by atoms with E-state index in [1.54, 1.807) is 12.5 Å². The summed E-state index contributed by atoms with van der Waals surface area (Å²) in [5.74, 6) is -0.204. The zero-order chi connectivity index (χ0) is 14.8. The Bertz CT molecular complexity index is 525. The van der Waals surface area contributed by atoms with Gasteiger partial charge in [-0.2, -0.15) is 0 Å². The predicted molar refractivity (Wildman–Crippen MR) is 78.9 cm³/mol. The molecule has 1 heterocycles. The van der Waals surface area contributed by atoms with E-state index in [9.17, 15) is 4.39 Å². The lowest BCUT2D eigenvalue weighted by molar-refractivity contribution is 0.253. The van der Waals surface area contributed by atoms with Gasteiger partial charge in [0.05, 0.1) is 12.5 Å². The van der Waals surface area contributed by atoms with Gasteiger partial charge >= 0.3 is 0 Å². The Morgan fingerprint density at radius 3 is 2.20 bits per heavy atom. The molecule has 0 spiro atoms. The van der Waals surface area contributed by atoms with Crippen LogP contribution in [-0.4, -0.2) is 0 Å². The molecule has 2 unspecified atom stereocenters. The van der Waals surface area contributed by atoms with Crippen LogP contribution in [0.4, 0.5) is 4.39 Å². The van der Waals surface area contributed by atoms with E-state index in [4.69, 9.17) is 4.42 Å². The van der Waals surface area contributed by atoms with Crippen LogP contribution in [0, 0.1) is 11.2 Å². The quantitative estimate of drug-likeness (QED) is 0.862. The molecule has 0 bridgehead atoms. The Hall–Kier alpha value is -1.61. The van der Waals surface area contributed by atoms with Gasteiger partial charge in [-0.05, 0) is 36.1 Å². The third kappa shape index (κ3) is 3.48. The van der Waals surface area contributed by atoms with E-state index in [2.05, 4.69) is 33.0 Å². The van der Waals surface area contributed by atoms with Crippen LogP contribution in [0.1, 0.15) is 50.9 Å². The first-order valence-electron chi connectivity index (χ1n) is 6.91. The summed E-state index contributed by atoms with van der Waals surface area (Å²) >= 11 is 0. The van der Waals surface area contributed by atoms with Gasteiger partial charge in [-0.25, -0.2) is 4.39 Å². The summed E-state index contributed by atoms with van der Waals surface area (Å²) in [5, 5.41) is 3.61. The van der Waals surface area contributed by atoms with Crippen LogP contribution in [0.2, 0.25) is 0 Å². The summed E-state index contributed by atoms with van der Waals surface area (Å²) < 4.78 is 18.2. The first-order valence-corrected chi connectivity index (χ1v) is 6.91. The van der Waals surface area contributed by atoms with E-state index < -0.39 is 0 Å². The molecule has 2 aromatic rings. The van der Waals surface area contributed by atoms with Crippen molar-refractivity contribution in [1.29, 1.82) is 0 Å². The van der Waals surface area contributed by atoms with Crippen molar-refractivity contribution in [3.63, 3.8) is 0 Å². The Labute approximate surface area is 120 Å². The van der Waals surface area contributed by atoms with Gasteiger partial charge in [-0.1, -0.05) is 32.9 Å². The van der Waals surface area contributed by atoms with Crippen molar-refractivity contribution in [2.75, 3.05) is 0 Å². The van der Waals surface area contributed by atoms with Gasteiger partial charge in [0.2, 0.25) is 0 Å². The second kappa shape index (κ2) is 5.80. The number of hydrogen-bond donors (Lipinski definition) is 1. The van der Waals surface area contributed by atoms with Crippen LogP contribution in [0.5, 0.6) is 0 Å². The molecule has 0 aliphatic heterocycles. The first kappa shape index (κ1) is 14.8. The second-order valence-corrected chi connectivity index (χ2v) is 6.30. The molecular weight excluding hydrogens is 253 g/mol. The van der Waals surface area contributed by atoms with Gasteiger partial charge in [0, 0.05) is 17.6 Å². The number of furan rings is 1. The zero-order valence-corrected chi connectivity index (χ0v) is 12.5. The van der Waals surface area contributed by atoms with E-state index >= 15 is 0 Å². The van der Waals surface area contributed by atoms with Gasteiger partial charge in [0.25, 0.3) is 0 Å². The van der Waals surface area contributed by atoms with Crippen molar-refractivity contribution in [2.45, 2.75) is 39.8 Å². The molecule has 2 nitrogen and oxygen atoms in total. The Kier molecular flexibility index (Phi) is 4.29. The SMILES string of the molecule is CC(NC(c1ccc(F)cc1)C(C)(C)C)c1ccoc1. The largest absolute Gasteiger partial charge is 0.472 e. The molecule has 0 aliphatic carbocycles. The Morgan fingerprint density at radius 1 is 1.05 bits per heavy atom. The van der Waals surface area contributed by atoms with E-state index in [1.807, 2.05) is 18.2 Å². The number of hydrogen-bond acceptors (Lipinski definition) is 2. The maximum absolute atomic E-state index is 13.1. The molecule has 1 N–H and O–H groups in total. The summed E-state index contributed by atoms with van der Waals surface area (Å²) in [6.07, 6.45) is 3.43. The Morgan fingerprint density at radius 2 is 1.70 bits per heavy atom. The minimum atomic E-state index is -0.204. The molecule has 0 saturated heterocycles. The maximum atomic E-state index is 13.1. The minimum Gasteiger partial charge on any atom is -0.472 e. The monoisotopic (exact) mass is 275 g/mol. The summed E-state index contributed by atoms with van der Waals surface area (Å²) in [6.45, 7) is 8.63. The first-order chi connectivity index (χ1) is 9.38. The number of benzene rings is 1. The summed E-state index contributed by atoms with van der Waals surface area (Å²) in [5.41, 5.74) is 2.23. The smallest absolute Gasteiger partial charge is 0.123 e. The molecule has 0 saturated carbocycles. The zero-order valence-electron chi connectivity index (χ0n) is 12.5. The maximum Gasteiger partial charge on any atom is 0.123 e. The number of nitrogens with one attached hydrogen (secondary N) is 1. The van der Waals surface area contributed by atoms with Crippen LogP contribution < -0.4 is 5.32 Å². The lowest BCUT2D eigenvalue weighted by atomic mass is 9.81. The fourth-order valence-corrected chi connectivity index (χ4v) is 2.37. The summed E-state index contributed by atoms with van der Waals surface area (Å²) in [6, 6.07) is 8.98. The van der Waals surface area contributed by atoms with Gasteiger partial charge < -0.3 is 9.73 Å². The molecular formula is C17H22FNO. The lowest BCUT2D eigenvalue weighted by Crippen LogP contribution is -2.34. The van der Waals surface area contributed by atoms with Gasteiger partial charge in [0.15, 0.2) is 0 Å². The molecule has 1 aromatic carbocycles. The summed E-state index contributed by atoms with van der Waals surface area (Å²) in [4.78, 5) is 0. The minimum absolute atomic E-state index is 0.0236. The van der Waals surface area contributed by atoms with E-state index in [1.165, 1.54) is 12.1 Å². The molecule has 0 amide bonds. The third-order valence-electron chi connectivity index (χ3n) is 3.53. The third-order valence-corrected chi connectivity index (χ3v) is 3.53. The van der Waals surface area contributed by atoms with Crippen molar-refractivity contribution in [2.24, 2.45) is 5.41 Å². The molecule has 2 rings (SSSR count). The van der Waals surface area contributed by atoms with Crippen LogP contribution in [0.25, 0.3) is 0 Å². The molecule has 0 fully saturated rings. The topological polar surface area (TPSA) is 25.2 Å². The standard InChI is InChI=1S/C17H22FNO/c1-12(14-9-10-20-11-14)19-16(17(2,3)4)13-5-7-15(18)8-6-13/h5-12,16,19H,1-4H3. The fraction of sp³-hybridized carbons (Fsp3) is 0.412. The average molecular weight is 275 g/mol. The summed E-state index contributed by atoms with van der Waals surface area (Å²) in [7, 11) is 0. The van der Waals surface area contributed by atoms with E-state index in [0.717, 1.165) is 11.1 Å². The van der Waals surface area contributed by atoms with Crippen LogP contribution in [-0.2, 0) is 0 Å². The molecule has 0 aliphatic rings.